The Morgan fingerprint density at radius 2 is 2.07 bits per heavy atom. The lowest BCUT2D eigenvalue weighted by molar-refractivity contribution is -0.126. The van der Waals surface area contributed by atoms with Gasteiger partial charge in [0.1, 0.15) is 11.1 Å². The van der Waals surface area contributed by atoms with Crippen molar-refractivity contribution in [3.63, 3.8) is 0 Å². The summed E-state index contributed by atoms with van der Waals surface area (Å²) in [6, 6.07) is 12.3. The van der Waals surface area contributed by atoms with E-state index in [9.17, 15) is 4.79 Å². The van der Waals surface area contributed by atoms with Crippen molar-refractivity contribution in [3.05, 3.63) is 42.0 Å². The first-order valence-electron chi connectivity index (χ1n) is 9.19. The lowest BCUT2D eigenvalue weighted by Gasteiger charge is -2.31. The first kappa shape index (κ1) is 17.9. The maximum atomic E-state index is 11.7. The summed E-state index contributed by atoms with van der Waals surface area (Å²) in [5, 5.41) is 4.52. The Morgan fingerprint density at radius 3 is 2.79 bits per heavy atom. The topological polar surface area (TPSA) is 81.6 Å². The normalized spacial score (nSPS) is 14.8. The van der Waals surface area contributed by atoms with E-state index in [1.165, 1.54) is 5.56 Å². The number of amides is 1. The van der Waals surface area contributed by atoms with Gasteiger partial charge in [0.2, 0.25) is 0 Å². The minimum Gasteiger partial charge on any atom is -0.496 e. The number of hydrogen-bond acceptors (Lipinski definition) is 5. The van der Waals surface area contributed by atoms with Crippen molar-refractivity contribution in [2.75, 3.05) is 25.9 Å². The lowest BCUT2D eigenvalue weighted by Crippen LogP contribution is -2.37. The van der Waals surface area contributed by atoms with Crippen LogP contribution in [0.1, 0.15) is 24.3 Å². The van der Waals surface area contributed by atoms with Gasteiger partial charge >= 0.3 is 0 Å². The number of nitrogen functional groups attached to an aromatic ring is 1. The number of methoxy groups -OCH3 is 1. The van der Waals surface area contributed by atoms with E-state index in [4.69, 9.17) is 21.4 Å². The molecule has 0 unspecified atom stereocenters. The lowest BCUT2D eigenvalue weighted by atomic mass is 9.87. The number of carbonyl (C=O) groups is 1. The molecule has 1 aliphatic rings. The molecule has 142 valence electrons. The van der Waals surface area contributed by atoms with Gasteiger partial charge in [-0.2, -0.15) is 0 Å². The van der Waals surface area contributed by atoms with Gasteiger partial charge in [0, 0.05) is 13.1 Å². The molecule has 2 heterocycles. The average molecular weight is 375 g/mol. The number of fused-ring (bicyclic) bond motifs is 1. The Labute approximate surface area is 163 Å². The second-order valence-corrected chi connectivity index (χ2v) is 6.96. The standard InChI is InChI=1S/C22H21N3O3/c1-3-20(26)25-9-7-14(8-10-25)15-5-4-6-16(11-15)17-12-18(27-2)21-19(13-17)28-24-22(21)23/h1,4-6,11-14H,7-10H2,2H3,(H2,23,24). The molecular formula is C22H21N3O3. The molecule has 2 aromatic carbocycles. The zero-order valence-corrected chi connectivity index (χ0v) is 15.6. The van der Waals surface area contributed by atoms with Crippen LogP contribution in [0.25, 0.3) is 22.1 Å². The molecule has 0 atom stereocenters. The van der Waals surface area contributed by atoms with Gasteiger partial charge < -0.3 is 19.9 Å². The van der Waals surface area contributed by atoms with Crippen LogP contribution in [0.2, 0.25) is 0 Å². The van der Waals surface area contributed by atoms with E-state index in [0.717, 1.165) is 24.0 Å². The summed E-state index contributed by atoms with van der Waals surface area (Å²) < 4.78 is 10.8. The number of rotatable bonds is 3. The summed E-state index contributed by atoms with van der Waals surface area (Å²) in [5.74, 6) is 3.33. The van der Waals surface area contributed by atoms with Gasteiger partial charge in [-0.3, -0.25) is 4.79 Å². The van der Waals surface area contributed by atoms with Crippen molar-refractivity contribution in [2.24, 2.45) is 0 Å². The minimum absolute atomic E-state index is 0.223. The third-order valence-electron chi connectivity index (χ3n) is 5.38. The van der Waals surface area contributed by atoms with Crippen LogP contribution in [0.5, 0.6) is 5.75 Å². The zero-order chi connectivity index (χ0) is 19.7. The highest BCUT2D eigenvalue weighted by Gasteiger charge is 2.23. The van der Waals surface area contributed by atoms with E-state index < -0.39 is 0 Å². The Kier molecular flexibility index (Phi) is 4.66. The van der Waals surface area contributed by atoms with Gasteiger partial charge in [-0.1, -0.05) is 29.4 Å². The number of carbonyl (C=O) groups excluding carboxylic acids is 1. The van der Waals surface area contributed by atoms with Gasteiger partial charge in [0.05, 0.1) is 7.11 Å². The Bertz CT molecular complexity index is 1070. The molecule has 0 saturated carbocycles. The molecular weight excluding hydrogens is 354 g/mol. The number of likely N-dealkylation sites (tertiary alicyclic amines) is 1. The molecule has 0 spiro atoms. The number of ether oxygens (including phenoxy) is 1. The fourth-order valence-corrected chi connectivity index (χ4v) is 3.87. The number of aromatic nitrogens is 1. The largest absolute Gasteiger partial charge is 0.496 e. The molecule has 0 aliphatic carbocycles. The number of terminal acetylenes is 1. The summed E-state index contributed by atoms with van der Waals surface area (Å²) in [4.78, 5) is 13.4. The van der Waals surface area contributed by atoms with E-state index in [2.05, 4.69) is 35.3 Å². The van der Waals surface area contributed by atoms with Crippen molar-refractivity contribution in [1.82, 2.24) is 10.1 Å². The van der Waals surface area contributed by atoms with Crippen LogP contribution >= 0.6 is 0 Å². The highest BCUT2D eigenvalue weighted by molar-refractivity contribution is 5.96. The molecule has 0 radical (unpaired) electrons. The zero-order valence-electron chi connectivity index (χ0n) is 15.6. The molecule has 1 fully saturated rings. The van der Waals surface area contributed by atoms with Crippen LogP contribution in [-0.4, -0.2) is 36.2 Å². The number of nitrogens with two attached hydrogens (primary N) is 1. The number of hydrogen-bond donors (Lipinski definition) is 1. The highest BCUT2D eigenvalue weighted by atomic mass is 16.5. The summed E-state index contributed by atoms with van der Waals surface area (Å²) >= 11 is 0. The van der Waals surface area contributed by atoms with Crippen molar-refractivity contribution >= 4 is 22.7 Å². The molecule has 1 saturated heterocycles. The molecule has 1 aliphatic heterocycles. The third kappa shape index (κ3) is 3.16. The van der Waals surface area contributed by atoms with Crippen LogP contribution in [0.15, 0.2) is 40.9 Å². The van der Waals surface area contributed by atoms with Crippen LogP contribution in [-0.2, 0) is 4.79 Å². The summed E-state index contributed by atoms with van der Waals surface area (Å²) in [6.45, 7) is 1.38. The third-order valence-corrected chi connectivity index (χ3v) is 5.38. The first-order chi connectivity index (χ1) is 13.6. The molecule has 28 heavy (non-hydrogen) atoms. The molecule has 2 N–H and O–H groups in total. The number of benzene rings is 2. The second-order valence-electron chi connectivity index (χ2n) is 6.96. The van der Waals surface area contributed by atoms with E-state index in [-0.39, 0.29) is 5.91 Å². The van der Waals surface area contributed by atoms with E-state index >= 15 is 0 Å². The van der Waals surface area contributed by atoms with E-state index in [1.807, 2.05) is 12.1 Å². The van der Waals surface area contributed by atoms with Gasteiger partial charge in [0.25, 0.3) is 5.91 Å². The molecule has 4 rings (SSSR count). The van der Waals surface area contributed by atoms with Crippen molar-refractivity contribution in [3.8, 4) is 29.2 Å². The number of piperidine rings is 1. The maximum Gasteiger partial charge on any atom is 0.298 e. The second kappa shape index (κ2) is 7.28. The van der Waals surface area contributed by atoms with Crippen LogP contribution < -0.4 is 10.5 Å². The molecule has 0 bridgehead atoms. The first-order valence-corrected chi connectivity index (χ1v) is 9.19. The summed E-state index contributed by atoms with van der Waals surface area (Å²) in [5.41, 5.74) is 9.77. The quantitative estimate of drug-likeness (QED) is 0.710. The smallest absolute Gasteiger partial charge is 0.298 e. The monoisotopic (exact) mass is 375 g/mol. The number of nitrogens with zero attached hydrogens (tertiary/aromatic N) is 2. The van der Waals surface area contributed by atoms with Crippen molar-refractivity contribution in [2.45, 2.75) is 18.8 Å². The van der Waals surface area contributed by atoms with Gasteiger partial charge in [-0.05, 0) is 53.5 Å². The SMILES string of the molecule is C#CC(=O)N1CCC(c2cccc(-c3cc(OC)c4c(N)noc4c3)c2)CC1. The van der Waals surface area contributed by atoms with Crippen molar-refractivity contribution < 1.29 is 14.1 Å². The van der Waals surface area contributed by atoms with E-state index in [0.29, 0.717) is 41.5 Å². The molecule has 3 aromatic rings. The Balaban J connectivity index is 1.62. The Morgan fingerprint density at radius 1 is 1.29 bits per heavy atom. The molecule has 1 aromatic heterocycles. The minimum atomic E-state index is -0.223. The van der Waals surface area contributed by atoms with Gasteiger partial charge in [0.15, 0.2) is 11.4 Å². The van der Waals surface area contributed by atoms with Crippen LogP contribution in [0, 0.1) is 12.3 Å². The van der Waals surface area contributed by atoms with Crippen molar-refractivity contribution in [1.29, 1.82) is 0 Å². The molecule has 1 amide bonds. The summed E-state index contributed by atoms with van der Waals surface area (Å²) in [7, 11) is 1.60. The fraction of sp³-hybridized carbons (Fsp3) is 0.273. The van der Waals surface area contributed by atoms with Crippen LogP contribution in [0.3, 0.4) is 0 Å². The Hall–Kier alpha value is -3.46. The molecule has 6 nitrogen and oxygen atoms in total. The summed E-state index contributed by atoms with van der Waals surface area (Å²) in [6.07, 6.45) is 7.03. The van der Waals surface area contributed by atoms with Gasteiger partial charge in [-0.25, -0.2) is 0 Å². The van der Waals surface area contributed by atoms with Crippen LogP contribution in [0.4, 0.5) is 5.82 Å². The molecule has 6 heteroatoms. The predicted octanol–water partition coefficient (Wildman–Crippen LogP) is 3.42. The predicted molar refractivity (Wildman–Crippen MR) is 108 cm³/mol. The van der Waals surface area contributed by atoms with Gasteiger partial charge in [-0.15, -0.1) is 6.42 Å². The maximum absolute atomic E-state index is 11.7. The fourth-order valence-electron chi connectivity index (χ4n) is 3.87. The highest BCUT2D eigenvalue weighted by Crippen LogP contribution is 2.37. The number of anilines is 1. The van der Waals surface area contributed by atoms with E-state index in [1.54, 1.807) is 12.0 Å². The average Bonchev–Trinajstić information content (AvgIpc) is 3.13.